The predicted molar refractivity (Wildman–Crippen MR) is 127 cm³/mol. The van der Waals surface area contributed by atoms with Gasteiger partial charge in [-0.15, -0.1) is 0 Å². The molecule has 0 aliphatic carbocycles. The third kappa shape index (κ3) is 4.70. The summed E-state index contributed by atoms with van der Waals surface area (Å²) in [5, 5.41) is 20.5. The van der Waals surface area contributed by atoms with Crippen molar-refractivity contribution in [3.05, 3.63) is 92.9 Å². The molecule has 0 heterocycles. The van der Waals surface area contributed by atoms with Gasteiger partial charge in [-0.2, -0.15) is 0 Å². The first-order chi connectivity index (χ1) is 14.8. The zero-order valence-corrected chi connectivity index (χ0v) is 18.8. The monoisotopic (exact) mass is 490 g/mol. The Morgan fingerprint density at radius 3 is 1.10 bits per heavy atom. The highest BCUT2D eigenvalue weighted by Gasteiger charge is 2.11. The molecular weight excluding hydrogens is 478 g/mol. The Labute approximate surface area is 199 Å². The van der Waals surface area contributed by atoms with E-state index in [1.165, 1.54) is 12.1 Å². The molecule has 0 atom stereocenters. The van der Waals surface area contributed by atoms with Crippen LogP contribution in [-0.2, 0) is 0 Å². The van der Waals surface area contributed by atoms with Crippen LogP contribution in [0.4, 0.5) is 0 Å². The van der Waals surface area contributed by atoms with Crippen molar-refractivity contribution in [2.45, 2.75) is 0 Å². The van der Waals surface area contributed by atoms with Crippen LogP contribution in [-0.4, -0.2) is 10.2 Å². The SMILES string of the molecule is Oc1ccc(-c2ccc(Oc3ccc(-c4ccc(O)c(Cl)c4)cc3Cl)c(Cl)c2)cc1Cl. The predicted octanol–water partition coefficient (Wildman–Crippen LogP) is 8.84. The summed E-state index contributed by atoms with van der Waals surface area (Å²) in [6.07, 6.45) is 0. The molecule has 0 aliphatic heterocycles. The summed E-state index contributed by atoms with van der Waals surface area (Å²) in [6.45, 7) is 0. The minimum Gasteiger partial charge on any atom is -0.506 e. The van der Waals surface area contributed by atoms with Crippen molar-refractivity contribution < 1.29 is 14.9 Å². The highest BCUT2D eigenvalue weighted by molar-refractivity contribution is 6.34. The molecule has 4 aromatic rings. The summed E-state index contributed by atoms with van der Waals surface area (Å²) in [5.74, 6) is 0.920. The fraction of sp³-hybridized carbons (Fsp3) is 0. The second kappa shape index (κ2) is 8.89. The Kier molecular flexibility index (Phi) is 6.22. The second-order valence-electron chi connectivity index (χ2n) is 6.72. The van der Waals surface area contributed by atoms with Crippen LogP contribution in [0.1, 0.15) is 0 Å². The second-order valence-corrected chi connectivity index (χ2v) is 8.35. The number of phenolic OH excluding ortho intramolecular Hbond substituents is 2. The molecule has 4 rings (SSSR count). The fourth-order valence-electron chi connectivity index (χ4n) is 3.02. The van der Waals surface area contributed by atoms with Crippen molar-refractivity contribution in [1.29, 1.82) is 0 Å². The number of phenols is 2. The summed E-state index contributed by atoms with van der Waals surface area (Å²) < 4.78 is 5.91. The normalized spacial score (nSPS) is 10.8. The van der Waals surface area contributed by atoms with E-state index in [9.17, 15) is 10.2 Å². The summed E-state index contributed by atoms with van der Waals surface area (Å²) in [5.41, 5.74) is 3.27. The van der Waals surface area contributed by atoms with Crippen molar-refractivity contribution in [1.82, 2.24) is 0 Å². The molecule has 31 heavy (non-hydrogen) atoms. The average Bonchev–Trinajstić information content (AvgIpc) is 2.74. The van der Waals surface area contributed by atoms with Crippen LogP contribution in [0.15, 0.2) is 72.8 Å². The molecule has 0 fully saturated rings. The Balaban J connectivity index is 1.58. The van der Waals surface area contributed by atoms with E-state index in [0.29, 0.717) is 21.5 Å². The minimum absolute atomic E-state index is 0.0177. The van der Waals surface area contributed by atoms with Gasteiger partial charge in [-0.25, -0.2) is 0 Å². The molecule has 0 spiro atoms. The van der Waals surface area contributed by atoms with Crippen LogP contribution in [0.2, 0.25) is 20.1 Å². The Morgan fingerprint density at radius 1 is 0.452 bits per heavy atom. The van der Waals surface area contributed by atoms with Crippen molar-refractivity contribution in [2.75, 3.05) is 0 Å². The van der Waals surface area contributed by atoms with Gasteiger partial charge in [0.05, 0.1) is 20.1 Å². The molecule has 0 aromatic heterocycles. The fourth-order valence-corrected chi connectivity index (χ4v) is 3.82. The molecule has 2 N–H and O–H groups in total. The number of ether oxygens (including phenoxy) is 1. The van der Waals surface area contributed by atoms with Gasteiger partial charge >= 0.3 is 0 Å². The smallest absolute Gasteiger partial charge is 0.146 e. The molecule has 0 radical (unpaired) electrons. The molecule has 0 bridgehead atoms. The highest BCUT2D eigenvalue weighted by atomic mass is 35.5. The number of hydrogen-bond acceptors (Lipinski definition) is 3. The molecule has 4 aromatic carbocycles. The van der Waals surface area contributed by atoms with Crippen LogP contribution in [0.5, 0.6) is 23.0 Å². The molecule has 0 saturated carbocycles. The number of hydrogen-bond donors (Lipinski definition) is 2. The molecule has 3 nitrogen and oxygen atoms in total. The summed E-state index contributed by atoms with van der Waals surface area (Å²) in [7, 11) is 0. The third-order valence-electron chi connectivity index (χ3n) is 4.65. The van der Waals surface area contributed by atoms with Crippen LogP contribution < -0.4 is 4.74 Å². The standard InChI is InChI=1S/C24H14Cl4O3/c25-17-9-13(1-5-21(17)29)15-3-7-23(19(27)11-15)31-24-8-4-16(12-20(24)28)14-2-6-22(30)18(26)10-14/h1-12,29-30H. The number of aromatic hydroxyl groups is 2. The quantitative estimate of drug-likeness (QED) is 0.299. The molecule has 0 unspecified atom stereocenters. The summed E-state index contributed by atoms with van der Waals surface area (Å²) >= 11 is 24.8. The first kappa shape index (κ1) is 21.7. The zero-order chi connectivity index (χ0) is 22.1. The lowest BCUT2D eigenvalue weighted by atomic mass is 10.1. The van der Waals surface area contributed by atoms with Gasteiger partial charge in [0, 0.05) is 0 Å². The molecule has 7 heteroatoms. The molecule has 0 saturated heterocycles. The lowest BCUT2D eigenvalue weighted by Gasteiger charge is -2.12. The van der Waals surface area contributed by atoms with Crippen molar-refractivity contribution in [3.63, 3.8) is 0 Å². The highest BCUT2D eigenvalue weighted by Crippen LogP contribution is 2.39. The number of benzene rings is 4. The molecular formula is C24H14Cl4O3. The van der Waals surface area contributed by atoms with Crippen molar-refractivity contribution >= 4 is 46.4 Å². The number of halogens is 4. The maximum atomic E-state index is 9.59. The van der Waals surface area contributed by atoms with Crippen molar-refractivity contribution in [2.24, 2.45) is 0 Å². The first-order valence-corrected chi connectivity index (χ1v) is 10.6. The zero-order valence-electron chi connectivity index (χ0n) is 15.7. The average molecular weight is 492 g/mol. The van der Waals surface area contributed by atoms with Gasteiger partial charge in [-0.3, -0.25) is 0 Å². The van der Waals surface area contributed by atoms with Gasteiger partial charge in [-0.05, 0) is 70.8 Å². The van der Waals surface area contributed by atoms with Gasteiger partial charge in [0.1, 0.15) is 23.0 Å². The summed E-state index contributed by atoms with van der Waals surface area (Å²) in [4.78, 5) is 0. The molecule has 156 valence electrons. The van der Waals surface area contributed by atoms with Crippen molar-refractivity contribution in [3.8, 4) is 45.3 Å². The van der Waals surface area contributed by atoms with Crippen LogP contribution in [0.3, 0.4) is 0 Å². The summed E-state index contributed by atoms with van der Waals surface area (Å²) in [6, 6.07) is 20.5. The Morgan fingerprint density at radius 2 is 0.774 bits per heavy atom. The van der Waals surface area contributed by atoms with Gasteiger partial charge in [0.15, 0.2) is 0 Å². The van der Waals surface area contributed by atoms with E-state index in [2.05, 4.69) is 0 Å². The maximum Gasteiger partial charge on any atom is 0.146 e. The van der Waals surface area contributed by atoms with Crippen LogP contribution >= 0.6 is 46.4 Å². The minimum atomic E-state index is 0.0177. The van der Waals surface area contributed by atoms with Gasteiger partial charge in [0.2, 0.25) is 0 Å². The van der Waals surface area contributed by atoms with E-state index in [-0.39, 0.29) is 21.5 Å². The Hall–Kier alpha value is -2.56. The lowest BCUT2D eigenvalue weighted by Crippen LogP contribution is -1.89. The van der Waals surface area contributed by atoms with E-state index in [1.54, 1.807) is 48.5 Å². The third-order valence-corrected chi connectivity index (χ3v) is 5.84. The van der Waals surface area contributed by atoms with E-state index in [1.807, 2.05) is 12.1 Å². The van der Waals surface area contributed by atoms with E-state index in [0.717, 1.165) is 22.3 Å². The van der Waals surface area contributed by atoms with E-state index in [4.69, 9.17) is 51.1 Å². The van der Waals surface area contributed by atoms with Gasteiger partial charge < -0.3 is 14.9 Å². The topological polar surface area (TPSA) is 49.7 Å². The lowest BCUT2D eigenvalue weighted by molar-refractivity contribution is 0.475. The number of rotatable bonds is 4. The largest absolute Gasteiger partial charge is 0.506 e. The molecule has 0 amide bonds. The van der Waals surface area contributed by atoms with Gasteiger partial charge in [0.25, 0.3) is 0 Å². The Bertz CT molecular complexity index is 1190. The van der Waals surface area contributed by atoms with Gasteiger partial charge in [-0.1, -0.05) is 70.7 Å². The maximum absolute atomic E-state index is 9.59. The molecule has 0 aliphatic rings. The van der Waals surface area contributed by atoms with Crippen LogP contribution in [0.25, 0.3) is 22.3 Å². The van der Waals surface area contributed by atoms with E-state index < -0.39 is 0 Å². The first-order valence-electron chi connectivity index (χ1n) is 9.06. The van der Waals surface area contributed by atoms with Crippen LogP contribution in [0, 0.1) is 0 Å². The van der Waals surface area contributed by atoms with E-state index >= 15 is 0 Å².